The number of rotatable bonds is 7. The molecule has 3 aromatic rings. The van der Waals surface area contributed by atoms with Gasteiger partial charge in [0, 0.05) is 24.7 Å². The van der Waals surface area contributed by atoms with E-state index in [9.17, 15) is 4.79 Å². The van der Waals surface area contributed by atoms with E-state index in [1.165, 1.54) is 11.3 Å². The van der Waals surface area contributed by atoms with Gasteiger partial charge in [-0.1, -0.05) is 43.3 Å². The zero-order valence-corrected chi connectivity index (χ0v) is 15.1. The molecule has 1 amide bonds. The highest BCUT2D eigenvalue weighted by Gasteiger charge is 2.16. The first kappa shape index (κ1) is 17.3. The first-order valence-electron chi connectivity index (χ1n) is 8.43. The quantitative estimate of drug-likeness (QED) is 0.641. The highest BCUT2D eigenvalue weighted by Crippen LogP contribution is 2.22. The molecule has 0 saturated heterocycles. The lowest BCUT2D eigenvalue weighted by atomic mass is 10.2. The molecule has 0 aliphatic carbocycles. The average molecular weight is 351 g/mol. The number of benzene rings is 1. The van der Waals surface area contributed by atoms with Crippen molar-refractivity contribution in [3.8, 4) is 10.7 Å². The maximum absolute atomic E-state index is 12.7. The van der Waals surface area contributed by atoms with Gasteiger partial charge in [-0.3, -0.25) is 9.78 Å². The Labute approximate surface area is 152 Å². The molecule has 0 fully saturated rings. The molecule has 0 spiro atoms. The fraction of sp³-hybridized carbons (Fsp3) is 0.250. The van der Waals surface area contributed by atoms with Gasteiger partial charge in [-0.05, 0) is 24.1 Å². The first-order valence-corrected chi connectivity index (χ1v) is 9.31. The van der Waals surface area contributed by atoms with Gasteiger partial charge in [-0.15, -0.1) is 11.3 Å². The van der Waals surface area contributed by atoms with Crippen LogP contribution in [0.25, 0.3) is 10.7 Å². The molecule has 2 aromatic heterocycles. The van der Waals surface area contributed by atoms with E-state index in [0.717, 1.165) is 34.9 Å². The smallest absolute Gasteiger partial charge is 0.228 e. The topological polar surface area (TPSA) is 46.1 Å². The van der Waals surface area contributed by atoms with Gasteiger partial charge in [0.05, 0.1) is 17.8 Å². The van der Waals surface area contributed by atoms with E-state index < -0.39 is 0 Å². The molecule has 2 heterocycles. The lowest BCUT2D eigenvalue weighted by molar-refractivity contribution is -0.131. The van der Waals surface area contributed by atoms with Crippen molar-refractivity contribution in [2.45, 2.75) is 26.3 Å². The third kappa shape index (κ3) is 4.73. The van der Waals surface area contributed by atoms with Crippen LogP contribution in [-0.4, -0.2) is 27.3 Å². The molecule has 3 rings (SSSR count). The number of aromatic nitrogens is 2. The van der Waals surface area contributed by atoms with E-state index in [1.807, 2.05) is 46.7 Å². The van der Waals surface area contributed by atoms with Crippen LogP contribution in [0.15, 0.2) is 60.1 Å². The zero-order chi connectivity index (χ0) is 17.5. The van der Waals surface area contributed by atoms with Crippen LogP contribution in [0.2, 0.25) is 0 Å². The molecule has 0 radical (unpaired) electrons. The van der Waals surface area contributed by atoms with E-state index in [0.29, 0.717) is 13.0 Å². The summed E-state index contributed by atoms with van der Waals surface area (Å²) < 4.78 is 0. The zero-order valence-electron chi connectivity index (χ0n) is 14.3. The Bertz CT molecular complexity index is 802. The van der Waals surface area contributed by atoms with Crippen molar-refractivity contribution in [3.63, 3.8) is 0 Å². The number of thiazole rings is 1. The Morgan fingerprint density at radius 2 is 1.92 bits per heavy atom. The van der Waals surface area contributed by atoms with Crippen LogP contribution in [0, 0.1) is 0 Å². The standard InChI is InChI=1S/C20H21N3OS/c1-2-12-23(14-16-8-4-3-5-9-16)19(24)13-17-15-25-20(22-17)18-10-6-7-11-21-18/h3-11,15H,2,12-14H2,1H3. The minimum atomic E-state index is 0.114. The predicted molar refractivity (Wildman–Crippen MR) is 101 cm³/mol. The summed E-state index contributed by atoms with van der Waals surface area (Å²) in [5.41, 5.74) is 2.81. The number of carbonyl (C=O) groups excluding carboxylic acids is 1. The largest absolute Gasteiger partial charge is 0.338 e. The number of nitrogens with zero attached hydrogens (tertiary/aromatic N) is 3. The highest BCUT2D eigenvalue weighted by atomic mass is 32.1. The molecule has 1 aromatic carbocycles. The van der Waals surface area contributed by atoms with E-state index >= 15 is 0 Å². The molecular weight excluding hydrogens is 330 g/mol. The summed E-state index contributed by atoms with van der Waals surface area (Å²) in [6.45, 7) is 3.49. The Morgan fingerprint density at radius 1 is 1.12 bits per heavy atom. The molecule has 25 heavy (non-hydrogen) atoms. The third-order valence-corrected chi connectivity index (χ3v) is 4.74. The second kappa shape index (κ2) is 8.53. The lowest BCUT2D eigenvalue weighted by Crippen LogP contribution is -2.32. The van der Waals surface area contributed by atoms with Gasteiger partial charge in [-0.2, -0.15) is 0 Å². The number of pyridine rings is 1. The van der Waals surface area contributed by atoms with Crippen molar-refractivity contribution in [1.82, 2.24) is 14.9 Å². The fourth-order valence-electron chi connectivity index (χ4n) is 2.63. The normalized spacial score (nSPS) is 10.6. The maximum atomic E-state index is 12.7. The van der Waals surface area contributed by atoms with Gasteiger partial charge in [0.2, 0.25) is 5.91 Å². The van der Waals surface area contributed by atoms with E-state index in [-0.39, 0.29) is 5.91 Å². The average Bonchev–Trinajstić information content (AvgIpc) is 3.11. The van der Waals surface area contributed by atoms with Crippen LogP contribution >= 0.6 is 11.3 Å². The minimum absolute atomic E-state index is 0.114. The van der Waals surface area contributed by atoms with Crippen molar-refractivity contribution in [3.05, 3.63) is 71.4 Å². The van der Waals surface area contributed by atoms with E-state index in [4.69, 9.17) is 0 Å². The highest BCUT2D eigenvalue weighted by molar-refractivity contribution is 7.13. The van der Waals surface area contributed by atoms with Crippen molar-refractivity contribution in [2.24, 2.45) is 0 Å². The van der Waals surface area contributed by atoms with Crippen LogP contribution in [-0.2, 0) is 17.8 Å². The fourth-order valence-corrected chi connectivity index (χ4v) is 3.42. The number of carbonyl (C=O) groups is 1. The molecule has 0 N–H and O–H groups in total. The van der Waals surface area contributed by atoms with E-state index in [2.05, 4.69) is 29.0 Å². The SMILES string of the molecule is CCCN(Cc1ccccc1)C(=O)Cc1csc(-c2ccccn2)n1. The van der Waals surface area contributed by atoms with Gasteiger partial charge in [-0.25, -0.2) is 4.98 Å². The summed E-state index contributed by atoms with van der Waals surface area (Å²) in [5.74, 6) is 0.114. The maximum Gasteiger partial charge on any atom is 0.228 e. The van der Waals surface area contributed by atoms with Gasteiger partial charge in [0.25, 0.3) is 0 Å². The molecule has 128 valence electrons. The summed E-state index contributed by atoms with van der Waals surface area (Å²) in [6, 6.07) is 15.9. The minimum Gasteiger partial charge on any atom is -0.338 e. The third-order valence-electron chi connectivity index (χ3n) is 3.83. The molecule has 4 nitrogen and oxygen atoms in total. The molecule has 0 saturated carbocycles. The lowest BCUT2D eigenvalue weighted by Gasteiger charge is -2.22. The Balaban J connectivity index is 1.68. The summed E-state index contributed by atoms with van der Waals surface area (Å²) in [7, 11) is 0. The van der Waals surface area contributed by atoms with E-state index in [1.54, 1.807) is 6.20 Å². The van der Waals surface area contributed by atoms with Gasteiger partial charge >= 0.3 is 0 Å². The summed E-state index contributed by atoms with van der Waals surface area (Å²) >= 11 is 1.53. The molecule has 0 unspecified atom stereocenters. The Hall–Kier alpha value is -2.53. The van der Waals surface area contributed by atoms with Crippen molar-refractivity contribution >= 4 is 17.2 Å². The second-order valence-electron chi connectivity index (χ2n) is 5.84. The van der Waals surface area contributed by atoms with Gasteiger partial charge in [0.1, 0.15) is 5.01 Å². The van der Waals surface area contributed by atoms with Crippen molar-refractivity contribution in [2.75, 3.05) is 6.54 Å². The summed E-state index contributed by atoms with van der Waals surface area (Å²) in [4.78, 5) is 23.5. The van der Waals surface area contributed by atoms with Crippen molar-refractivity contribution < 1.29 is 4.79 Å². The van der Waals surface area contributed by atoms with Gasteiger partial charge < -0.3 is 4.90 Å². The van der Waals surface area contributed by atoms with Crippen LogP contribution in [0.5, 0.6) is 0 Å². The molecule has 0 bridgehead atoms. The molecule has 0 atom stereocenters. The van der Waals surface area contributed by atoms with Crippen LogP contribution < -0.4 is 0 Å². The van der Waals surface area contributed by atoms with Crippen LogP contribution in [0.3, 0.4) is 0 Å². The first-order chi connectivity index (χ1) is 12.3. The summed E-state index contributed by atoms with van der Waals surface area (Å²) in [5, 5.41) is 2.81. The number of hydrogen-bond acceptors (Lipinski definition) is 4. The van der Waals surface area contributed by atoms with Crippen molar-refractivity contribution in [1.29, 1.82) is 0 Å². The molecule has 0 aliphatic rings. The second-order valence-corrected chi connectivity index (χ2v) is 6.69. The number of amides is 1. The Morgan fingerprint density at radius 3 is 2.64 bits per heavy atom. The number of hydrogen-bond donors (Lipinski definition) is 0. The summed E-state index contributed by atoms with van der Waals surface area (Å²) in [6.07, 6.45) is 3.02. The molecular formula is C20H21N3OS. The van der Waals surface area contributed by atoms with Crippen LogP contribution in [0.4, 0.5) is 0 Å². The molecule has 0 aliphatic heterocycles. The molecule has 5 heteroatoms. The van der Waals surface area contributed by atoms with Gasteiger partial charge in [0.15, 0.2) is 0 Å². The van der Waals surface area contributed by atoms with Crippen LogP contribution in [0.1, 0.15) is 24.6 Å². The predicted octanol–water partition coefficient (Wildman–Crippen LogP) is 4.19. The Kier molecular flexibility index (Phi) is 5.90. The monoisotopic (exact) mass is 351 g/mol.